The molecular weight excluding hydrogens is 318 g/mol. The van der Waals surface area contributed by atoms with E-state index in [2.05, 4.69) is 24.5 Å². The Kier molecular flexibility index (Phi) is 6.98. The van der Waals surface area contributed by atoms with E-state index < -0.39 is 0 Å². The number of amides is 3. The van der Waals surface area contributed by atoms with Crippen LogP contribution < -0.4 is 10.6 Å². The Hall–Kier alpha value is -2.37. The molecule has 3 amide bonds. The highest BCUT2D eigenvalue weighted by Gasteiger charge is 2.28. The van der Waals surface area contributed by atoms with E-state index in [9.17, 15) is 14.4 Å². The van der Waals surface area contributed by atoms with Crippen molar-refractivity contribution in [3.8, 4) is 0 Å². The highest BCUT2D eigenvalue weighted by molar-refractivity contribution is 5.96. The molecule has 1 heterocycles. The smallest absolute Gasteiger partial charge is 0.315 e. The van der Waals surface area contributed by atoms with Crippen LogP contribution in [0.5, 0.6) is 0 Å². The van der Waals surface area contributed by atoms with Crippen molar-refractivity contribution in [3.05, 3.63) is 35.4 Å². The van der Waals surface area contributed by atoms with E-state index in [1.807, 2.05) is 29.2 Å². The van der Waals surface area contributed by atoms with E-state index in [0.29, 0.717) is 19.4 Å². The number of benzene rings is 1. The van der Waals surface area contributed by atoms with Gasteiger partial charge in [-0.2, -0.15) is 0 Å². The van der Waals surface area contributed by atoms with Gasteiger partial charge in [0.05, 0.1) is 12.6 Å². The van der Waals surface area contributed by atoms with E-state index in [0.717, 1.165) is 30.4 Å². The van der Waals surface area contributed by atoms with Crippen LogP contribution in [0, 0.1) is 5.92 Å². The predicted molar refractivity (Wildman–Crippen MR) is 96.5 cm³/mol. The summed E-state index contributed by atoms with van der Waals surface area (Å²) in [5.41, 5.74) is 1.83. The van der Waals surface area contributed by atoms with Gasteiger partial charge in [-0.05, 0) is 30.4 Å². The van der Waals surface area contributed by atoms with Crippen LogP contribution in [0.25, 0.3) is 0 Å². The normalized spacial score (nSPS) is 15.9. The lowest BCUT2D eigenvalue weighted by atomic mass is 9.94. The summed E-state index contributed by atoms with van der Waals surface area (Å²) in [6.45, 7) is 5.29. The lowest BCUT2D eigenvalue weighted by Gasteiger charge is -2.34. The molecule has 6 nitrogen and oxygen atoms in total. The third kappa shape index (κ3) is 5.05. The Balaban J connectivity index is 2.06. The van der Waals surface area contributed by atoms with E-state index in [4.69, 9.17) is 0 Å². The number of fused-ring (bicyclic) bond motifs is 1. The molecule has 1 aliphatic rings. The van der Waals surface area contributed by atoms with Crippen molar-refractivity contribution < 1.29 is 14.4 Å². The summed E-state index contributed by atoms with van der Waals surface area (Å²) in [6, 6.07) is 7.16. The number of hydrogen-bond donors (Lipinski definition) is 2. The Morgan fingerprint density at radius 3 is 2.84 bits per heavy atom. The highest BCUT2D eigenvalue weighted by atomic mass is 16.2. The zero-order valence-electron chi connectivity index (χ0n) is 15.0. The molecule has 0 aromatic heterocycles. The van der Waals surface area contributed by atoms with Gasteiger partial charge in [-0.25, -0.2) is 4.79 Å². The third-order valence-corrected chi connectivity index (χ3v) is 4.70. The summed E-state index contributed by atoms with van der Waals surface area (Å²) in [5.74, 6) is 0.252. The monoisotopic (exact) mass is 345 g/mol. The molecule has 2 N–H and O–H groups in total. The minimum Gasteiger partial charge on any atom is -0.336 e. The second kappa shape index (κ2) is 9.20. The lowest BCUT2D eigenvalue weighted by Crippen LogP contribution is -2.53. The van der Waals surface area contributed by atoms with Gasteiger partial charge in [0.25, 0.3) is 5.91 Å². The van der Waals surface area contributed by atoms with Gasteiger partial charge < -0.3 is 20.3 Å². The van der Waals surface area contributed by atoms with Crippen LogP contribution in [0.15, 0.2) is 24.3 Å². The molecule has 0 saturated carbocycles. The summed E-state index contributed by atoms with van der Waals surface area (Å²) in [7, 11) is 0. The maximum absolute atomic E-state index is 12.7. The number of carbonyl (C=O) groups excluding carboxylic acids is 3. The molecule has 136 valence electrons. The summed E-state index contributed by atoms with van der Waals surface area (Å²) in [4.78, 5) is 36.9. The highest BCUT2D eigenvalue weighted by Crippen LogP contribution is 2.20. The molecule has 2 rings (SSSR count). The molecule has 0 aliphatic carbocycles. The molecule has 0 radical (unpaired) electrons. The van der Waals surface area contributed by atoms with Crippen LogP contribution >= 0.6 is 0 Å². The van der Waals surface area contributed by atoms with E-state index in [1.165, 1.54) is 0 Å². The lowest BCUT2D eigenvalue weighted by molar-refractivity contribution is -0.107. The molecule has 25 heavy (non-hydrogen) atoms. The zero-order valence-corrected chi connectivity index (χ0v) is 15.0. The van der Waals surface area contributed by atoms with Crippen molar-refractivity contribution in [1.82, 2.24) is 15.5 Å². The average molecular weight is 345 g/mol. The zero-order chi connectivity index (χ0) is 18.2. The Bertz CT molecular complexity index is 618. The minimum absolute atomic E-state index is 0.0171. The third-order valence-electron chi connectivity index (χ3n) is 4.70. The van der Waals surface area contributed by atoms with Crippen molar-refractivity contribution in [2.75, 3.05) is 19.6 Å². The van der Waals surface area contributed by atoms with E-state index in [-0.39, 0.29) is 30.4 Å². The van der Waals surface area contributed by atoms with Crippen LogP contribution in [0.3, 0.4) is 0 Å². The predicted octanol–water partition coefficient (Wildman–Crippen LogP) is 1.99. The topological polar surface area (TPSA) is 78.5 Å². The molecule has 0 spiro atoms. The summed E-state index contributed by atoms with van der Waals surface area (Å²) >= 11 is 0. The van der Waals surface area contributed by atoms with E-state index in [1.54, 1.807) is 0 Å². The van der Waals surface area contributed by atoms with Crippen LogP contribution in [-0.2, 0) is 11.2 Å². The van der Waals surface area contributed by atoms with Crippen molar-refractivity contribution in [2.45, 2.75) is 39.2 Å². The molecule has 6 heteroatoms. The molecule has 2 unspecified atom stereocenters. The van der Waals surface area contributed by atoms with Gasteiger partial charge >= 0.3 is 6.03 Å². The number of urea groups is 1. The maximum Gasteiger partial charge on any atom is 0.315 e. The number of rotatable bonds is 8. The second-order valence-corrected chi connectivity index (χ2v) is 6.55. The Labute approximate surface area is 149 Å². The largest absolute Gasteiger partial charge is 0.336 e. The minimum atomic E-state index is -0.370. The molecule has 0 bridgehead atoms. The molecule has 1 aliphatic heterocycles. The van der Waals surface area contributed by atoms with Gasteiger partial charge in [-0.1, -0.05) is 38.5 Å². The quantitative estimate of drug-likeness (QED) is 0.707. The number of nitrogens with zero attached hydrogens (tertiary/aromatic N) is 1. The number of aldehydes is 1. The van der Waals surface area contributed by atoms with Crippen molar-refractivity contribution >= 4 is 18.2 Å². The summed E-state index contributed by atoms with van der Waals surface area (Å²) < 4.78 is 0. The summed E-state index contributed by atoms with van der Waals surface area (Å²) in [5, 5.41) is 5.43. The first-order valence-electron chi connectivity index (χ1n) is 8.92. The molecule has 2 atom stereocenters. The molecule has 1 aromatic rings. The van der Waals surface area contributed by atoms with Crippen LogP contribution in [0.1, 0.15) is 42.6 Å². The van der Waals surface area contributed by atoms with Crippen LogP contribution in [-0.4, -0.2) is 48.8 Å². The standard InChI is InChI=1S/C19H27N3O3/c1-3-6-14(2)17(21-19(25)20-10-12-23)13-22-11-9-15-7-4-5-8-16(15)18(22)24/h4-5,7-8,12,14,17H,3,6,9-11,13H2,1-2H3,(H2,20,21,25). The van der Waals surface area contributed by atoms with Gasteiger partial charge in [0.2, 0.25) is 0 Å². The Morgan fingerprint density at radius 2 is 2.12 bits per heavy atom. The molecular formula is C19H27N3O3. The first kappa shape index (κ1) is 19.0. The van der Waals surface area contributed by atoms with Gasteiger partial charge in [0.15, 0.2) is 0 Å². The summed E-state index contributed by atoms with van der Waals surface area (Å²) in [6.07, 6.45) is 3.44. The van der Waals surface area contributed by atoms with Crippen LogP contribution in [0.4, 0.5) is 4.79 Å². The van der Waals surface area contributed by atoms with Gasteiger partial charge in [-0.15, -0.1) is 0 Å². The molecule has 0 fully saturated rings. The van der Waals surface area contributed by atoms with Gasteiger partial charge in [0, 0.05) is 18.7 Å². The fourth-order valence-corrected chi connectivity index (χ4v) is 3.26. The van der Waals surface area contributed by atoms with Gasteiger partial charge in [-0.3, -0.25) is 4.79 Å². The second-order valence-electron chi connectivity index (χ2n) is 6.55. The van der Waals surface area contributed by atoms with Gasteiger partial charge in [0.1, 0.15) is 6.29 Å². The van der Waals surface area contributed by atoms with Crippen molar-refractivity contribution in [1.29, 1.82) is 0 Å². The first-order valence-corrected chi connectivity index (χ1v) is 8.92. The van der Waals surface area contributed by atoms with Crippen molar-refractivity contribution in [2.24, 2.45) is 5.92 Å². The maximum atomic E-state index is 12.7. The molecule has 0 saturated heterocycles. The Morgan fingerprint density at radius 1 is 1.36 bits per heavy atom. The molecule has 1 aromatic carbocycles. The van der Waals surface area contributed by atoms with E-state index >= 15 is 0 Å². The first-order chi connectivity index (χ1) is 12.1. The number of nitrogens with one attached hydrogen (secondary N) is 2. The number of hydrogen-bond acceptors (Lipinski definition) is 3. The average Bonchev–Trinajstić information content (AvgIpc) is 2.62. The van der Waals surface area contributed by atoms with Crippen molar-refractivity contribution in [3.63, 3.8) is 0 Å². The fourth-order valence-electron chi connectivity index (χ4n) is 3.26. The SMILES string of the molecule is CCCC(C)C(CN1CCc2ccccc2C1=O)NC(=O)NCC=O. The fraction of sp³-hybridized carbons (Fsp3) is 0.526. The van der Waals surface area contributed by atoms with Crippen LogP contribution in [0.2, 0.25) is 0 Å². The number of carbonyl (C=O) groups is 3.